The Bertz CT molecular complexity index is 793. The van der Waals surface area contributed by atoms with Gasteiger partial charge in [-0.1, -0.05) is 25.1 Å². The average Bonchev–Trinajstić information content (AvgIpc) is 2.53. The zero-order valence-electron chi connectivity index (χ0n) is 12.7. The summed E-state index contributed by atoms with van der Waals surface area (Å²) in [6, 6.07) is 16.7. The molecule has 0 spiro atoms. The highest BCUT2D eigenvalue weighted by Gasteiger charge is 2.05. The largest absolute Gasteiger partial charge is 0.497 e. The summed E-state index contributed by atoms with van der Waals surface area (Å²) in [6.45, 7) is 4.34. The van der Waals surface area contributed by atoms with Crippen molar-refractivity contribution in [2.75, 3.05) is 7.11 Å². The molecular weight excluding hydrogens is 258 g/mol. The molecular formula is C19H19NO. The van der Waals surface area contributed by atoms with Crippen molar-refractivity contribution < 1.29 is 4.74 Å². The maximum atomic E-state index is 5.29. The van der Waals surface area contributed by atoms with E-state index in [1.54, 1.807) is 7.11 Å². The molecule has 2 heteroatoms. The molecule has 0 N–H and O–H groups in total. The standard InChI is InChI=1S/C19H19NO/c1-4-14-11-16-8-9-18(20-19(16)10-13(14)2)15-6-5-7-17(12-15)21-3/h5-12H,4H2,1-3H3. The number of hydrogen-bond donors (Lipinski definition) is 0. The molecule has 1 aromatic heterocycles. The molecule has 1 heterocycles. The Labute approximate surface area is 125 Å². The number of pyridine rings is 1. The summed E-state index contributed by atoms with van der Waals surface area (Å²) >= 11 is 0. The van der Waals surface area contributed by atoms with Gasteiger partial charge in [-0.2, -0.15) is 0 Å². The molecule has 0 unspecified atom stereocenters. The van der Waals surface area contributed by atoms with Crippen LogP contribution in [0, 0.1) is 6.92 Å². The molecule has 0 saturated heterocycles. The van der Waals surface area contributed by atoms with Crippen LogP contribution in [0.4, 0.5) is 0 Å². The lowest BCUT2D eigenvalue weighted by molar-refractivity contribution is 0.415. The van der Waals surface area contributed by atoms with Gasteiger partial charge in [0.15, 0.2) is 0 Å². The molecule has 106 valence electrons. The SMILES string of the molecule is CCc1cc2ccc(-c3cccc(OC)c3)nc2cc1C. The monoisotopic (exact) mass is 277 g/mol. The lowest BCUT2D eigenvalue weighted by atomic mass is 10.0. The number of hydrogen-bond acceptors (Lipinski definition) is 2. The Balaban J connectivity index is 2.12. The summed E-state index contributed by atoms with van der Waals surface area (Å²) in [5.41, 5.74) is 5.79. The molecule has 0 bridgehead atoms. The van der Waals surface area contributed by atoms with E-state index >= 15 is 0 Å². The van der Waals surface area contributed by atoms with Crippen LogP contribution in [0.3, 0.4) is 0 Å². The fourth-order valence-corrected chi connectivity index (χ4v) is 2.65. The van der Waals surface area contributed by atoms with Crippen molar-refractivity contribution in [1.29, 1.82) is 0 Å². The zero-order valence-corrected chi connectivity index (χ0v) is 12.7. The maximum Gasteiger partial charge on any atom is 0.119 e. The lowest BCUT2D eigenvalue weighted by Gasteiger charge is -2.08. The molecule has 0 fully saturated rings. The van der Waals surface area contributed by atoms with Gasteiger partial charge in [-0.15, -0.1) is 0 Å². The number of methoxy groups -OCH3 is 1. The summed E-state index contributed by atoms with van der Waals surface area (Å²) in [6.07, 6.45) is 1.05. The van der Waals surface area contributed by atoms with Gasteiger partial charge < -0.3 is 4.74 Å². The number of benzene rings is 2. The minimum Gasteiger partial charge on any atom is -0.497 e. The third-order valence-electron chi connectivity index (χ3n) is 3.89. The Kier molecular flexibility index (Phi) is 3.61. The lowest BCUT2D eigenvalue weighted by Crippen LogP contribution is -1.91. The molecule has 0 aliphatic heterocycles. The van der Waals surface area contributed by atoms with Crippen molar-refractivity contribution in [3.8, 4) is 17.0 Å². The number of nitrogens with zero attached hydrogens (tertiary/aromatic N) is 1. The predicted molar refractivity (Wildman–Crippen MR) is 87.8 cm³/mol. The normalized spacial score (nSPS) is 10.8. The van der Waals surface area contributed by atoms with Crippen LogP contribution < -0.4 is 4.74 Å². The van der Waals surface area contributed by atoms with Gasteiger partial charge in [0.05, 0.1) is 18.3 Å². The fourth-order valence-electron chi connectivity index (χ4n) is 2.65. The first-order valence-electron chi connectivity index (χ1n) is 7.26. The van der Waals surface area contributed by atoms with Crippen molar-refractivity contribution in [3.05, 3.63) is 59.7 Å². The molecule has 3 aromatic rings. The van der Waals surface area contributed by atoms with Gasteiger partial charge in [0.2, 0.25) is 0 Å². The van der Waals surface area contributed by atoms with Gasteiger partial charge in [-0.3, -0.25) is 0 Å². The van der Waals surface area contributed by atoms with E-state index in [4.69, 9.17) is 9.72 Å². The van der Waals surface area contributed by atoms with E-state index in [9.17, 15) is 0 Å². The molecule has 0 amide bonds. The van der Waals surface area contributed by atoms with Crippen LogP contribution in [0.1, 0.15) is 18.1 Å². The number of aryl methyl sites for hydroxylation is 2. The van der Waals surface area contributed by atoms with E-state index in [1.165, 1.54) is 16.5 Å². The smallest absolute Gasteiger partial charge is 0.119 e. The summed E-state index contributed by atoms with van der Waals surface area (Å²) < 4.78 is 5.29. The van der Waals surface area contributed by atoms with Crippen LogP contribution in [-0.4, -0.2) is 12.1 Å². The second-order valence-corrected chi connectivity index (χ2v) is 5.25. The molecule has 3 rings (SSSR count). The highest BCUT2D eigenvalue weighted by molar-refractivity contribution is 5.83. The van der Waals surface area contributed by atoms with Crippen molar-refractivity contribution in [2.24, 2.45) is 0 Å². The molecule has 0 radical (unpaired) electrons. The van der Waals surface area contributed by atoms with Gasteiger partial charge in [0.1, 0.15) is 5.75 Å². The molecule has 2 aromatic carbocycles. The average molecular weight is 277 g/mol. The van der Waals surface area contributed by atoms with Crippen molar-refractivity contribution in [3.63, 3.8) is 0 Å². The summed E-state index contributed by atoms with van der Waals surface area (Å²) in [7, 11) is 1.68. The Hall–Kier alpha value is -2.35. The molecule has 21 heavy (non-hydrogen) atoms. The number of aromatic nitrogens is 1. The van der Waals surface area contributed by atoms with E-state index in [-0.39, 0.29) is 0 Å². The molecule has 0 atom stereocenters. The Morgan fingerprint density at radius 3 is 2.67 bits per heavy atom. The Morgan fingerprint density at radius 1 is 1.05 bits per heavy atom. The van der Waals surface area contributed by atoms with Gasteiger partial charge in [0, 0.05) is 10.9 Å². The first-order chi connectivity index (χ1) is 10.2. The van der Waals surface area contributed by atoms with Crippen LogP contribution in [0.2, 0.25) is 0 Å². The van der Waals surface area contributed by atoms with E-state index < -0.39 is 0 Å². The Morgan fingerprint density at radius 2 is 1.90 bits per heavy atom. The van der Waals surface area contributed by atoms with Crippen molar-refractivity contribution in [1.82, 2.24) is 4.98 Å². The van der Waals surface area contributed by atoms with Crippen molar-refractivity contribution >= 4 is 10.9 Å². The summed E-state index contributed by atoms with van der Waals surface area (Å²) in [4.78, 5) is 4.80. The van der Waals surface area contributed by atoms with Crippen LogP contribution in [0.15, 0.2) is 48.5 Å². The van der Waals surface area contributed by atoms with Gasteiger partial charge in [-0.05, 0) is 54.8 Å². The zero-order chi connectivity index (χ0) is 14.8. The van der Waals surface area contributed by atoms with E-state index in [1.807, 2.05) is 18.2 Å². The maximum absolute atomic E-state index is 5.29. The topological polar surface area (TPSA) is 22.1 Å². The highest BCUT2D eigenvalue weighted by Crippen LogP contribution is 2.26. The number of ether oxygens (including phenoxy) is 1. The second kappa shape index (κ2) is 5.57. The van der Waals surface area contributed by atoms with Crippen LogP contribution in [0.25, 0.3) is 22.2 Å². The van der Waals surface area contributed by atoms with Gasteiger partial charge in [0.25, 0.3) is 0 Å². The minimum atomic E-state index is 0.854. The number of rotatable bonds is 3. The quantitative estimate of drug-likeness (QED) is 0.687. The number of fused-ring (bicyclic) bond motifs is 1. The predicted octanol–water partition coefficient (Wildman–Crippen LogP) is 4.78. The van der Waals surface area contributed by atoms with Crippen LogP contribution >= 0.6 is 0 Å². The third kappa shape index (κ3) is 2.62. The first kappa shape index (κ1) is 13.6. The first-order valence-corrected chi connectivity index (χ1v) is 7.26. The van der Waals surface area contributed by atoms with Gasteiger partial charge >= 0.3 is 0 Å². The molecule has 0 aliphatic carbocycles. The third-order valence-corrected chi connectivity index (χ3v) is 3.89. The van der Waals surface area contributed by atoms with E-state index in [2.05, 4.69) is 44.2 Å². The minimum absolute atomic E-state index is 0.854. The molecule has 0 aliphatic rings. The van der Waals surface area contributed by atoms with E-state index in [0.717, 1.165) is 28.9 Å². The molecule has 2 nitrogen and oxygen atoms in total. The van der Waals surface area contributed by atoms with Crippen LogP contribution in [0.5, 0.6) is 5.75 Å². The fraction of sp³-hybridized carbons (Fsp3) is 0.211. The summed E-state index contributed by atoms with van der Waals surface area (Å²) in [5.74, 6) is 0.854. The van der Waals surface area contributed by atoms with Crippen LogP contribution in [-0.2, 0) is 6.42 Å². The van der Waals surface area contributed by atoms with Crippen molar-refractivity contribution in [2.45, 2.75) is 20.3 Å². The highest BCUT2D eigenvalue weighted by atomic mass is 16.5. The molecule has 0 saturated carbocycles. The summed E-state index contributed by atoms with van der Waals surface area (Å²) in [5, 5.41) is 1.20. The van der Waals surface area contributed by atoms with Gasteiger partial charge in [-0.25, -0.2) is 4.98 Å². The van der Waals surface area contributed by atoms with E-state index in [0.29, 0.717) is 0 Å². The second-order valence-electron chi connectivity index (χ2n) is 5.25.